The minimum absolute atomic E-state index is 0.216. The van der Waals surface area contributed by atoms with Crippen LogP contribution < -0.4 is 20.1 Å². The summed E-state index contributed by atoms with van der Waals surface area (Å²) >= 11 is 11.8. The van der Waals surface area contributed by atoms with Crippen LogP contribution in [0.25, 0.3) is 0 Å². The standard InChI is InChI=1S/C17H16Cl2N2O4/c1-24-14-6-3-10(7-15(14)25-2)17(23)20-9-16(22)21-13-5-4-11(18)8-12(13)19/h3-8H,9H2,1-2H3,(H,20,23)(H,21,22). The molecule has 0 heterocycles. The van der Waals surface area contributed by atoms with Gasteiger partial charge >= 0.3 is 0 Å². The van der Waals surface area contributed by atoms with Gasteiger partial charge in [0.25, 0.3) is 5.91 Å². The van der Waals surface area contributed by atoms with E-state index in [4.69, 9.17) is 32.7 Å². The van der Waals surface area contributed by atoms with Gasteiger partial charge in [0.1, 0.15) is 0 Å². The summed E-state index contributed by atoms with van der Waals surface area (Å²) in [6, 6.07) is 9.42. The number of nitrogens with one attached hydrogen (secondary N) is 2. The molecule has 6 nitrogen and oxygen atoms in total. The Morgan fingerprint density at radius 3 is 2.36 bits per heavy atom. The number of carbonyl (C=O) groups excluding carboxylic acids is 2. The molecular formula is C17H16Cl2N2O4. The van der Waals surface area contributed by atoms with E-state index in [1.165, 1.54) is 26.4 Å². The number of benzene rings is 2. The van der Waals surface area contributed by atoms with Crippen LogP contribution in [0.3, 0.4) is 0 Å². The van der Waals surface area contributed by atoms with Gasteiger partial charge in [-0.05, 0) is 36.4 Å². The van der Waals surface area contributed by atoms with Crippen molar-refractivity contribution in [1.29, 1.82) is 0 Å². The van der Waals surface area contributed by atoms with Crippen molar-refractivity contribution in [3.63, 3.8) is 0 Å². The van der Waals surface area contributed by atoms with Crippen molar-refractivity contribution in [2.45, 2.75) is 0 Å². The minimum atomic E-state index is -0.418. The van der Waals surface area contributed by atoms with Crippen LogP contribution >= 0.6 is 23.2 Å². The monoisotopic (exact) mass is 382 g/mol. The summed E-state index contributed by atoms with van der Waals surface area (Å²) in [4.78, 5) is 24.1. The van der Waals surface area contributed by atoms with E-state index in [9.17, 15) is 9.59 Å². The van der Waals surface area contributed by atoms with Crippen LogP contribution in [-0.4, -0.2) is 32.6 Å². The van der Waals surface area contributed by atoms with Gasteiger partial charge in [0, 0.05) is 10.6 Å². The van der Waals surface area contributed by atoms with Gasteiger partial charge < -0.3 is 20.1 Å². The first kappa shape index (κ1) is 18.9. The third kappa shape index (κ3) is 5.01. The highest BCUT2D eigenvalue weighted by atomic mass is 35.5. The van der Waals surface area contributed by atoms with E-state index in [0.29, 0.717) is 32.8 Å². The zero-order valence-corrected chi connectivity index (χ0v) is 15.1. The minimum Gasteiger partial charge on any atom is -0.493 e. The van der Waals surface area contributed by atoms with Crippen LogP contribution in [0.2, 0.25) is 10.0 Å². The van der Waals surface area contributed by atoms with Gasteiger partial charge in [-0.2, -0.15) is 0 Å². The molecule has 0 bridgehead atoms. The number of ether oxygens (including phenoxy) is 2. The normalized spacial score (nSPS) is 10.1. The number of carbonyl (C=O) groups is 2. The van der Waals surface area contributed by atoms with Crippen LogP contribution in [0.1, 0.15) is 10.4 Å². The van der Waals surface area contributed by atoms with Crippen LogP contribution in [0.4, 0.5) is 5.69 Å². The molecule has 2 amide bonds. The molecule has 0 spiro atoms. The Hall–Kier alpha value is -2.44. The average molecular weight is 383 g/mol. The van der Waals surface area contributed by atoms with E-state index < -0.39 is 11.8 Å². The molecule has 0 atom stereocenters. The second-order valence-electron chi connectivity index (χ2n) is 4.92. The van der Waals surface area contributed by atoms with E-state index in [0.717, 1.165) is 0 Å². The number of hydrogen-bond donors (Lipinski definition) is 2. The quantitative estimate of drug-likeness (QED) is 0.802. The van der Waals surface area contributed by atoms with Gasteiger partial charge in [-0.25, -0.2) is 0 Å². The summed E-state index contributed by atoms with van der Waals surface area (Å²) in [5.41, 5.74) is 0.756. The van der Waals surface area contributed by atoms with Crippen molar-refractivity contribution >= 4 is 40.7 Å². The Labute approximate surface area is 155 Å². The molecule has 2 aromatic rings. The third-order valence-corrected chi connectivity index (χ3v) is 3.81. The summed E-state index contributed by atoms with van der Waals surface area (Å²) in [6.45, 7) is -0.216. The molecule has 0 unspecified atom stereocenters. The lowest BCUT2D eigenvalue weighted by Crippen LogP contribution is -2.32. The number of rotatable bonds is 6. The van der Waals surface area contributed by atoms with E-state index >= 15 is 0 Å². The molecule has 0 fully saturated rings. The maximum atomic E-state index is 12.1. The lowest BCUT2D eigenvalue weighted by Gasteiger charge is -2.11. The molecule has 132 valence electrons. The predicted octanol–water partition coefficient (Wildman–Crippen LogP) is 3.38. The average Bonchev–Trinajstić information content (AvgIpc) is 2.61. The maximum Gasteiger partial charge on any atom is 0.251 e. The molecule has 0 aliphatic rings. The number of anilines is 1. The van der Waals surface area contributed by atoms with Gasteiger partial charge in [-0.3, -0.25) is 9.59 Å². The molecule has 0 aliphatic heterocycles. The Morgan fingerprint density at radius 1 is 1.00 bits per heavy atom. The van der Waals surface area contributed by atoms with Crippen molar-refractivity contribution in [3.05, 3.63) is 52.0 Å². The molecule has 0 saturated carbocycles. The molecule has 2 rings (SSSR count). The van der Waals surface area contributed by atoms with Crippen molar-refractivity contribution in [2.24, 2.45) is 0 Å². The summed E-state index contributed by atoms with van der Waals surface area (Å²) in [5.74, 6) is 0.0954. The second kappa shape index (κ2) is 8.60. The molecule has 25 heavy (non-hydrogen) atoms. The smallest absolute Gasteiger partial charge is 0.251 e. The summed E-state index contributed by atoms with van der Waals surface area (Å²) in [5, 5.41) is 5.89. The van der Waals surface area contributed by atoms with Crippen molar-refractivity contribution in [2.75, 3.05) is 26.1 Å². The molecule has 8 heteroatoms. The van der Waals surface area contributed by atoms with Gasteiger partial charge in [0.15, 0.2) is 11.5 Å². The summed E-state index contributed by atoms with van der Waals surface area (Å²) < 4.78 is 10.3. The highest BCUT2D eigenvalue weighted by Gasteiger charge is 2.12. The highest BCUT2D eigenvalue weighted by Crippen LogP contribution is 2.27. The van der Waals surface area contributed by atoms with Crippen LogP contribution in [-0.2, 0) is 4.79 Å². The molecule has 2 aromatic carbocycles. The summed E-state index contributed by atoms with van der Waals surface area (Å²) in [7, 11) is 2.98. The fraction of sp³-hybridized carbons (Fsp3) is 0.176. The van der Waals surface area contributed by atoms with Crippen molar-refractivity contribution in [1.82, 2.24) is 5.32 Å². The van der Waals surface area contributed by atoms with E-state index in [2.05, 4.69) is 10.6 Å². The van der Waals surface area contributed by atoms with Crippen LogP contribution in [0.5, 0.6) is 11.5 Å². The second-order valence-corrected chi connectivity index (χ2v) is 5.77. The largest absolute Gasteiger partial charge is 0.493 e. The molecule has 0 aromatic heterocycles. The number of halogens is 2. The topological polar surface area (TPSA) is 76.7 Å². The van der Waals surface area contributed by atoms with Gasteiger partial charge in [-0.1, -0.05) is 23.2 Å². The first-order valence-electron chi connectivity index (χ1n) is 7.19. The van der Waals surface area contributed by atoms with E-state index in [1.807, 2.05) is 0 Å². The Balaban J connectivity index is 1.96. The van der Waals surface area contributed by atoms with Crippen LogP contribution in [0, 0.1) is 0 Å². The Morgan fingerprint density at radius 2 is 1.72 bits per heavy atom. The fourth-order valence-corrected chi connectivity index (χ4v) is 2.48. The Bertz CT molecular complexity index is 796. The zero-order valence-electron chi connectivity index (χ0n) is 13.6. The van der Waals surface area contributed by atoms with Gasteiger partial charge in [-0.15, -0.1) is 0 Å². The number of amides is 2. The van der Waals surface area contributed by atoms with E-state index in [1.54, 1.807) is 24.3 Å². The number of methoxy groups -OCH3 is 2. The first-order valence-corrected chi connectivity index (χ1v) is 7.95. The maximum absolute atomic E-state index is 12.1. The lowest BCUT2D eigenvalue weighted by atomic mass is 10.2. The molecule has 2 N–H and O–H groups in total. The molecular weight excluding hydrogens is 367 g/mol. The van der Waals surface area contributed by atoms with Gasteiger partial charge in [0.05, 0.1) is 31.5 Å². The first-order chi connectivity index (χ1) is 11.9. The van der Waals surface area contributed by atoms with Gasteiger partial charge in [0.2, 0.25) is 5.91 Å². The SMILES string of the molecule is COc1ccc(C(=O)NCC(=O)Nc2ccc(Cl)cc2Cl)cc1OC. The van der Waals surface area contributed by atoms with Crippen molar-refractivity contribution in [3.8, 4) is 11.5 Å². The van der Waals surface area contributed by atoms with Crippen molar-refractivity contribution < 1.29 is 19.1 Å². The highest BCUT2D eigenvalue weighted by molar-refractivity contribution is 6.36. The fourth-order valence-electron chi connectivity index (χ4n) is 2.03. The van der Waals surface area contributed by atoms with E-state index in [-0.39, 0.29) is 6.54 Å². The zero-order chi connectivity index (χ0) is 18.4. The molecule has 0 aliphatic carbocycles. The molecule has 0 saturated heterocycles. The summed E-state index contributed by atoms with van der Waals surface area (Å²) in [6.07, 6.45) is 0. The van der Waals surface area contributed by atoms with Crippen LogP contribution in [0.15, 0.2) is 36.4 Å². The predicted molar refractivity (Wildman–Crippen MR) is 97.0 cm³/mol. The Kier molecular flexibility index (Phi) is 6.50. The third-order valence-electron chi connectivity index (χ3n) is 3.26. The molecule has 0 radical (unpaired) electrons. The number of hydrogen-bond acceptors (Lipinski definition) is 4. The lowest BCUT2D eigenvalue weighted by molar-refractivity contribution is -0.115.